The average molecular weight is 258 g/mol. The maximum absolute atomic E-state index is 11.0. The van der Waals surface area contributed by atoms with E-state index in [0.29, 0.717) is 0 Å². The lowest BCUT2D eigenvalue weighted by Gasteiger charge is -2.14. The number of carboxylic acid groups (broad SMARTS) is 1. The second-order valence-electron chi connectivity index (χ2n) is 4.04. The number of carboxylic acids is 1. The number of rotatable bonds is 6. The van der Waals surface area contributed by atoms with Gasteiger partial charge in [-0.15, -0.1) is 23.1 Å². The van der Waals surface area contributed by atoms with E-state index in [-0.39, 0.29) is 11.2 Å². The molecule has 2 nitrogen and oxygen atoms in total. The van der Waals surface area contributed by atoms with Gasteiger partial charge in [-0.2, -0.15) is 0 Å². The van der Waals surface area contributed by atoms with E-state index in [1.165, 1.54) is 21.5 Å². The Morgan fingerprint density at radius 3 is 2.50 bits per heavy atom. The van der Waals surface area contributed by atoms with E-state index in [1.807, 2.05) is 13.8 Å². The van der Waals surface area contributed by atoms with Gasteiger partial charge >= 0.3 is 5.97 Å². The molecule has 0 aliphatic rings. The summed E-state index contributed by atoms with van der Waals surface area (Å²) in [4.78, 5) is 13.6. The van der Waals surface area contributed by atoms with Gasteiger partial charge in [-0.25, -0.2) is 0 Å². The molecule has 0 amide bonds. The molecule has 1 heterocycles. The highest BCUT2D eigenvalue weighted by atomic mass is 32.2. The van der Waals surface area contributed by atoms with Crippen molar-refractivity contribution >= 4 is 29.1 Å². The molecule has 0 aliphatic carbocycles. The zero-order valence-electron chi connectivity index (χ0n) is 9.90. The number of carbonyl (C=O) groups is 1. The molecule has 1 aromatic rings. The summed E-state index contributed by atoms with van der Waals surface area (Å²) in [6.45, 7) is 6.05. The van der Waals surface area contributed by atoms with Gasteiger partial charge in [0.05, 0.1) is 0 Å². The van der Waals surface area contributed by atoms with Gasteiger partial charge in [0.25, 0.3) is 0 Å². The minimum absolute atomic E-state index is 0.174. The van der Waals surface area contributed by atoms with Crippen LogP contribution in [0.1, 0.15) is 30.5 Å². The molecule has 0 saturated heterocycles. The van der Waals surface area contributed by atoms with E-state index in [0.717, 1.165) is 12.2 Å². The third-order valence-electron chi connectivity index (χ3n) is 2.32. The monoisotopic (exact) mass is 258 g/mol. The quantitative estimate of drug-likeness (QED) is 0.846. The zero-order valence-corrected chi connectivity index (χ0v) is 11.5. The van der Waals surface area contributed by atoms with Gasteiger partial charge in [0.15, 0.2) is 0 Å². The summed E-state index contributed by atoms with van der Waals surface area (Å²) in [6, 6.07) is 4.24. The van der Waals surface area contributed by atoms with Crippen LogP contribution < -0.4 is 0 Å². The minimum Gasteiger partial charge on any atom is -0.480 e. The Hall–Kier alpha value is -0.480. The van der Waals surface area contributed by atoms with Crippen molar-refractivity contribution in [1.82, 2.24) is 0 Å². The molecule has 1 unspecified atom stereocenters. The smallest absolute Gasteiger partial charge is 0.316 e. The van der Waals surface area contributed by atoms with Crippen LogP contribution >= 0.6 is 23.1 Å². The van der Waals surface area contributed by atoms with Crippen molar-refractivity contribution in [3.8, 4) is 0 Å². The molecule has 4 heteroatoms. The molecule has 0 spiro atoms. The third kappa shape index (κ3) is 3.83. The third-order valence-corrected chi connectivity index (χ3v) is 5.31. The molecule has 0 bridgehead atoms. The zero-order chi connectivity index (χ0) is 12.1. The fourth-order valence-corrected chi connectivity index (χ4v) is 3.57. The van der Waals surface area contributed by atoms with Gasteiger partial charge in [-0.1, -0.05) is 20.8 Å². The molecule has 1 atom stereocenters. The largest absolute Gasteiger partial charge is 0.480 e. The van der Waals surface area contributed by atoms with Gasteiger partial charge in [-0.05, 0) is 24.5 Å². The highest BCUT2D eigenvalue weighted by Gasteiger charge is 2.21. The Labute approximate surface area is 105 Å². The molecular formula is C12H18O2S2. The van der Waals surface area contributed by atoms with Gasteiger partial charge < -0.3 is 5.11 Å². The number of thioether (sulfide) groups is 1. The summed E-state index contributed by atoms with van der Waals surface area (Å²) < 4.78 is 0. The van der Waals surface area contributed by atoms with Gasteiger partial charge in [0.1, 0.15) is 5.25 Å². The van der Waals surface area contributed by atoms with Crippen LogP contribution in [0.3, 0.4) is 0 Å². The summed E-state index contributed by atoms with van der Waals surface area (Å²) in [5.74, 6) is 0.278. The first-order valence-electron chi connectivity index (χ1n) is 5.46. The van der Waals surface area contributed by atoms with Crippen molar-refractivity contribution in [3.05, 3.63) is 21.9 Å². The molecule has 0 fully saturated rings. The summed E-state index contributed by atoms with van der Waals surface area (Å²) in [7, 11) is 0. The van der Waals surface area contributed by atoms with E-state index in [1.54, 1.807) is 11.3 Å². The fraction of sp³-hybridized carbons (Fsp3) is 0.583. The summed E-state index contributed by atoms with van der Waals surface area (Å²) in [5.41, 5.74) is 0. The van der Waals surface area contributed by atoms with Crippen LogP contribution in [0.5, 0.6) is 0 Å². The lowest BCUT2D eigenvalue weighted by molar-refractivity contribution is -0.137. The maximum atomic E-state index is 11.0. The summed E-state index contributed by atoms with van der Waals surface area (Å²) >= 11 is 3.31. The fourth-order valence-electron chi connectivity index (χ4n) is 1.41. The van der Waals surface area contributed by atoms with Crippen LogP contribution in [0.2, 0.25) is 0 Å². The first-order valence-corrected chi connectivity index (χ1v) is 7.33. The van der Waals surface area contributed by atoms with E-state index in [9.17, 15) is 4.79 Å². The highest BCUT2D eigenvalue weighted by molar-refractivity contribution is 7.99. The Bertz CT molecular complexity index is 345. The van der Waals surface area contributed by atoms with Crippen LogP contribution in [-0.4, -0.2) is 16.3 Å². The predicted octanol–water partition coefficient (Wildman–Crippen LogP) is 3.65. The second-order valence-corrected chi connectivity index (χ2v) is 6.42. The molecule has 0 aliphatic heterocycles. The SMILES string of the molecule is CCc1ccc(CSC(C(=O)O)C(C)C)s1. The molecule has 90 valence electrons. The first-order chi connectivity index (χ1) is 7.54. The normalized spacial score (nSPS) is 13.0. The molecule has 0 saturated carbocycles. The van der Waals surface area contributed by atoms with Gasteiger partial charge in [0, 0.05) is 15.5 Å². The van der Waals surface area contributed by atoms with E-state index >= 15 is 0 Å². The van der Waals surface area contributed by atoms with Crippen LogP contribution in [0.25, 0.3) is 0 Å². The summed E-state index contributed by atoms with van der Waals surface area (Å²) in [6.07, 6.45) is 1.06. The molecule has 0 radical (unpaired) electrons. The highest BCUT2D eigenvalue weighted by Crippen LogP contribution is 2.27. The molecule has 1 rings (SSSR count). The van der Waals surface area contributed by atoms with E-state index < -0.39 is 5.97 Å². The Morgan fingerprint density at radius 1 is 1.44 bits per heavy atom. The number of hydrogen-bond acceptors (Lipinski definition) is 3. The van der Waals surface area contributed by atoms with Crippen LogP contribution in [-0.2, 0) is 17.0 Å². The minimum atomic E-state index is -0.702. The molecule has 1 N–H and O–H groups in total. The Morgan fingerprint density at radius 2 is 2.06 bits per heavy atom. The first kappa shape index (κ1) is 13.6. The molecule has 16 heavy (non-hydrogen) atoms. The number of hydrogen-bond donors (Lipinski definition) is 1. The number of thiophene rings is 1. The molecule has 1 aromatic heterocycles. The number of aliphatic carboxylic acids is 1. The van der Waals surface area contributed by atoms with Crippen molar-refractivity contribution < 1.29 is 9.90 Å². The van der Waals surface area contributed by atoms with Crippen molar-refractivity contribution in [2.24, 2.45) is 5.92 Å². The predicted molar refractivity (Wildman–Crippen MR) is 71.3 cm³/mol. The average Bonchev–Trinajstić information content (AvgIpc) is 2.65. The van der Waals surface area contributed by atoms with Crippen LogP contribution in [0, 0.1) is 5.92 Å². The van der Waals surface area contributed by atoms with Crippen molar-refractivity contribution in [2.45, 2.75) is 38.2 Å². The van der Waals surface area contributed by atoms with Gasteiger partial charge in [0.2, 0.25) is 0 Å². The van der Waals surface area contributed by atoms with E-state index in [2.05, 4.69) is 19.1 Å². The van der Waals surface area contributed by atoms with Crippen molar-refractivity contribution in [1.29, 1.82) is 0 Å². The lowest BCUT2D eigenvalue weighted by atomic mass is 10.1. The topological polar surface area (TPSA) is 37.3 Å². The maximum Gasteiger partial charge on any atom is 0.316 e. The second kappa shape index (κ2) is 6.30. The summed E-state index contributed by atoms with van der Waals surface area (Å²) in [5, 5.41) is 8.76. The van der Waals surface area contributed by atoms with E-state index in [4.69, 9.17) is 5.11 Å². The van der Waals surface area contributed by atoms with Crippen molar-refractivity contribution in [3.63, 3.8) is 0 Å². The Balaban J connectivity index is 2.52. The molecule has 0 aromatic carbocycles. The van der Waals surface area contributed by atoms with Crippen LogP contribution in [0.4, 0.5) is 0 Å². The number of aryl methyl sites for hydroxylation is 1. The molecular weight excluding hydrogens is 240 g/mol. The van der Waals surface area contributed by atoms with Crippen molar-refractivity contribution in [2.75, 3.05) is 0 Å². The standard InChI is InChI=1S/C12H18O2S2/c1-4-9-5-6-10(16-9)7-15-11(8(2)3)12(13)14/h5-6,8,11H,4,7H2,1-3H3,(H,13,14). The van der Waals surface area contributed by atoms with Gasteiger partial charge in [-0.3, -0.25) is 4.79 Å². The lowest BCUT2D eigenvalue weighted by Crippen LogP contribution is -2.22. The van der Waals surface area contributed by atoms with Crippen LogP contribution in [0.15, 0.2) is 12.1 Å². The Kier molecular flexibility index (Phi) is 5.35.